The molecule has 0 bridgehead atoms. The molecule has 5 nitrogen and oxygen atoms in total. The summed E-state index contributed by atoms with van der Waals surface area (Å²) in [4.78, 5) is 17.8. The van der Waals surface area contributed by atoms with Crippen molar-refractivity contribution in [2.24, 2.45) is 0 Å². The third-order valence-electron chi connectivity index (χ3n) is 4.64. The summed E-state index contributed by atoms with van der Waals surface area (Å²) in [5, 5.41) is 3.35. The lowest BCUT2D eigenvalue weighted by Crippen LogP contribution is -2.31. The number of ether oxygens (including phenoxy) is 1. The normalized spacial score (nSPS) is 15.2. The molecule has 1 aliphatic rings. The van der Waals surface area contributed by atoms with Crippen molar-refractivity contribution >= 4 is 28.2 Å². The zero-order valence-corrected chi connectivity index (χ0v) is 15.4. The number of halogens is 1. The van der Waals surface area contributed by atoms with Gasteiger partial charge < -0.3 is 14.5 Å². The number of fused-ring (bicyclic) bond motifs is 1. The number of hydrogen-bond donors (Lipinski definition) is 1. The Morgan fingerprint density at radius 1 is 1.42 bits per heavy atom. The number of aryl methyl sites for hydroxylation is 2. The molecular weight excluding hydrogens is 355 g/mol. The van der Waals surface area contributed by atoms with Gasteiger partial charge in [-0.05, 0) is 44.9 Å². The monoisotopic (exact) mass is 374 g/mol. The molecule has 1 aliphatic carbocycles. The summed E-state index contributed by atoms with van der Waals surface area (Å²) in [7, 11) is 0. The van der Waals surface area contributed by atoms with Crippen LogP contribution in [0.4, 0.5) is 4.39 Å². The number of benzene rings is 1. The molecule has 1 saturated carbocycles. The summed E-state index contributed by atoms with van der Waals surface area (Å²) in [6.07, 6.45) is 1.01. The molecule has 7 heteroatoms. The first kappa shape index (κ1) is 17.0. The SMILES string of the molecule is Cc1ncsc1COc1ccc2oc(C)c(C(=O)NCC3(F)CC3)c2c1. The van der Waals surface area contributed by atoms with Gasteiger partial charge in [0.15, 0.2) is 0 Å². The molecule has 1 amide bonds. The van der Waals surface area contributed by atoms with Crippen molar-refractivity contribution in [2.45, 2.75) is 39.0 Å². The fourth-order valence-electron chi connectivity index (χ4n) is 2.82. The van der Waals surface area contributed by atoms with Gasteiger partial charge in [-0.3, -0.25) is 4.79 Å². The van der Waals surface area contributed by atoms with E-state index in [1.807, 2.05) is 13.0 Å². The van der Waals surface area contributed by atoms with E-state index in [2.05, 4.69) is 10.3 Å². The van der Waals surface area contributed by atoms with E-state index in [-0.39, 0.29) is 12.5 Å². The maximum Gasteiger partial charge on any atom is 0.255 e. The summed E-state index contributed by atoms with van der Waals surface area (Å²) < 4.78 is 25.3. The Bertz CT molecular complexity index is 974. The molecule has 0 spiro atoms. The van der Waals surface area contributed by atoms with Crippen molar-refractivity contribution in [3.05, 3.63) is 45.6 Å². The van der Waals surface area contributed by atoms with Crippen molar-refractivity contribution in [1.29, 1.82) is 0 Å². The molecule has 0 unspecified atom stereocenters. The van der Waals surface area contributed by atoms with Crippen molar-refractivity contribution in [2.75, 3.05) is 6.54 Å². The van der Waals surface area contributed by atoms with Crippen LogP contribution in [-0.4, -0.2) is 23.1 Å². The fourth-order valence-corrected chi connectivity index (χ4v) is 3.51. The number of aromatic nitrogens is 1. The van der Waals surface area contributed by atoms with Crippen LogP contribution in [0, 0.1) is 13.8 Å². The summed E-state index contributed by atoms with van der Waals surface area (Å²) in [6, 6.07) is 5.38. The Labute approximate surface area is 154 Å². The molecular formula is C19H19FN2O3S. The van der Waals surface area contributed by atoms with E-state index in [1.165, 1.54) is 0 Å². The van der Waals surface area contributed by atoms with Crippen molar-refractivity contribution < 1.29 is 18.3 Å². The van der Waals surface area contributed by atoms with Crippen LogP contribution in [0.2, 0.25) is 0 Å². The van der Waals surface area contributed by atoms with Crippen LogP contribution >= 0.6 is 11.3 Å². The summed E-state index contributed by atoms with van der Waals surface area (Å²) >= 11 is 1.55. The Morgan fingerprint density at radius 3 is 2.92 bits per heavy atom. The number of nitrogens with one attached hydrogen (secondary N) is 1. The van der Waals surface area contributed by atoms with Gasteiger partial charge >= 0.3 is 0 Å². The van der Waals surface area contributed by atoms with Gasteiger partial charge in [-0.25, -0.2) is 9.37 Å². The van der Waals surface area contributed by atoms with E-state index in [9.17, 15) is 9.18 Å². The van der Waals surface area contributed by atoms with Gasteiger partial charge in [0.2, 0.25) is 0 Å². The third kappa shape index (κ3) is 3.31. The molecule has 4 rings (SSSR count). The molecule has 2 heterocycles. The zero-order chi connectivity index (χ0) is 18.3. The number of nitrogens with zero attached hydrogens (tertiary/aromatic N) is 1. The van der Waals surface area contributed by atoms with E-state index in [4.69, 9.17) is 9.15 Å². The molecule has 26 heavy (non-hydrogen) atoms. The van der Waals surface area contributed by atoms with Crippen LogP contribution in [0.1, 0.15) is 39.5 Å². The van der Waals surface area contributed by atoms with Gasteiger partial charge in [0.05, 0.1) is 28.2 Å². The average molecular weight is 374 g/mol. The lowest BCUT2D eigenvalue weighted by molar-refractivity contribution is 0.0937. The molecule has 0 atom stereocenters. The summed E-state index contributed by atoms with van der Waals surface area (Å²) in [6.45, 7) is 4.14. The first-order valence-electron chi connectivity index (χ1n) is 8.47. The zero-order valence-electron chi connectivity index (χ0n) is 14.6. The predicted molar refractivity (Wildman–Crippen MR) is 97.5 cm³/mol. The summed E-state index contributed by atoms with van der Waals surface area (Å²) in [5.74, 6) is 0.835. The Balaban J connectivity index is 1.55. The highest BCUT2D eigenvalue weighted by Crippen LogP contribution is 2.39. The number of rotatable bonds is 6. The van der Waals surface area contributed by atoms with E-state index in [1.54, 1.807) is 35.9 Å². The molecule has 0 aliphatic heterocycles. The average Bonchev–Trinajstić information content (AvgIpc) is 3.06. The van der Waals surface area contributed by atoms with Crippen molar-refractivity contribution in [3.63, 3.8) is 0 Å². The van der Waals surface area contributed by atoms with Crippen molar-refractivity contribution in [1.82, 2.24) is 10.3 Å². The van der Waals surface area contributed by atoms with Crippen LogP contribution in [0.25, 0.3) is 11.0 Å². The quantitative estimate of drug-likeness (QED) is 0.698. The van der Waals surface area contributed by atoms with Gasteiger partial charge in [0, 0.05) is 5.39 Å². The van der Waals surface area contributed by atoms with Crippen LogP contribution < -0.4 is 10.1 Å². The topological polar surface area (TPSA) is 64.4 Å². The number of furan rings is 1. The Morgan fingerprint density at radius 2 is 2.23 bits per heavy atom. The second-order valence-electron chi connectivity index (χ2n) is 6.67. The number of amides is 1. The number of carbonyl (C=O) groups excluding carboxylic acids is 1. The molecule has 3 aromatic rings. The lowest BCUT2D eigenvalue weighted by Gasteiger charge is -2.08. The Kier molecular flexibility index (Phi) is 4.19. The molecule has 1 fully saturated rings. The highest BCUT2D eigenvalue weighted by atomic mass is 32.1. The van der Waals surface area contributed by atoms with Crippen LogP contribution in [0.15, 0.2) is 28.1 Å². The van der Waals surface area contributed by atoms with Gasteiger partial charge in [0.1, 0.15) is 29.4 Å². The van der Waals surface area contributed by atoms with Crippen LogP contribution in [-0.2, 0) is 6.61 Å². The van der Waals surface area contributed by atoms with E-state index >= 15 is 0 Å². The fraction of sp³-hybridized carbons (Fsp3) is 0.368. The van der Waals surface area contributed by atoms with E-state index in [0.717, 1.165) is 10.6 Å². The van der Waals surface area contributed by atoms with Gasteiger partial charge in [-0.15, -0.1) is 11.3 Å². The number of hydrogen-bond acceptors (Lipinski definition) is 5. The largest absolute Gasteiger partial charge is 0.488 e. The minimum Gasteiger partial charge on any atom is -0.488 e. The highest BCUT2D eigenvalue weighted by Gasteiger charge is 2.43. The second kappa shape index (κ2) is 6.39. The molecule has 1 aromatic carbocycles. The molecule has 0 saturated heterocycles. The first-order chi connectivity index (χ1) is 12.5. The number of alkyl halides is 1. The van der Waals surface area contributed by atoms with Crippen molar-refractivity contribution in [3.8, 4) is 5.75 Å². The third-order valence-corrected chi connectivity index (χ3v) is 5.54. The standard InChI is InChI=1S/C19H19FN2O3S/c1-11-16(26-10-22-11)8-24-13-3-4-15-14(7-13)17(12(2)25-15)18(23)21-9-19(20)5-6-19/h3-4,7,10H,5-6,8-9H2,1-2H3,(H,21,23). The van der Waals surface area contributed by atoms with Gasteiger partial charge in [-0.1, -0.05) is 0 Å². The number of thiazole rings is 1. The van der Waals surface area contributed by atoms with Crippen LogP contribution in [0.3, 0.4) is 0 Å². The molecule has 136 valence electrons. The minimum atomic E-state index is -1.23. The van der Waals surface area contributed by atoms with Gasteiger partial charge in [-0.2, -0.15) is 0 Å². The smallest absolute Gasteiger partial charge is 0.255 e. The van der Waals surface area contributed by atoms with Crippen LogP contribution in [0.5, 0.6) is 5.75 Å². The highest BCUT2D eigenvalue weighted by molar-refractivity contribution is 7.09. The number of carbonyl (C=O) groups is 1. The maximum absolute atomic E-state index is 13.8. The molecule has 1 N–H and O–H groups in total. The minimum absolute atomic E-state index is 0.0405. The second-order valence-corrected chi connectivity index (χ2v) is 7.61. The maximum atomic E-state index is 13.8. The predicted octanol–water partition coefficient (Wildman–Crippen LogP) is 4.32. The Hall–Kier alpha value is -2.41. The summed E-state index contributed by atoms with van der Waals surface area (Å²) in [5.41, 5.74) is 2.55. The first-order valence-corrected chi connectivity index (χ1v) is 9.35. The lowest BCUT2D eigenvalue weighted by atomic mass is 10.1. The molecule has 0 radical (unpaired) electrons. The van der Waals surface area contributed by atoms with E-state index < -0.39 is 5.67 Å². The van der Waals surface area contributed by atoms with E-state index in [0.29, 0.717) is 47.5 Å². The molecule has 2 aromatic heterocycles. The van der Waals surface area contributed by atoms with Gasteiger partial charge in [0.25, 0.3) is 5.91 Å².